The highest BCUT2D eigenvalue weighted by molar-refractivity contribution is 5.86. The quantitative estimate of drug-likeness (QED) is 0.863. The fourth-order valence-corrected chi connectivity index (χ4v) is 2.31. The molecule has 0 heterocycles. The summed E-state index contributed by atoms with van der Waals surface area (Å²) in [4.78, 5) is 24.0. The topological polar surface area (TPSA) is 83.6 Å². The summed E-state index contributed by atoms with van der Waals surface area (Å²) in [5.41, 5.74) is 7.22. The minimum atomic E-state index is -0.931. The fourth-order valence-electron chi connectivity index (χ4n) is 2.31. The molecule has 0 saturated carbocycles. The first-order valence-corrected chi connectivity index (χ1v) is 8.55. The lowest BCUT2D eigenvalue weighted by atomic mass is 9.90. The zero-order chi connectivity index (χ0) is 19.7. The monoisotopic (exact) mass is 356 g/mol. The molecule has 5 heteroatoms. The predicted octanol–water partition coefficient (Wildman–Crippen LogP) is 2.96. The Kier molecular flexibility index (Phi) is 8.52. The molecule has 0 bridgehead atoms. The van der Waals surface area contributed by atoms with Crippen molar-refractivity contribution in [2.45, 2.75) is 25.8 Å². The molecule has 2 aromatic rings. The molecule has 0 aliphatic rings. The maximum absolute atomic E-state index is 12.4. The molecule has 0 unspecified atom stereocenters. The lowest BCUT2D eigenvalue weighted by Crippen LogP contribution is -2.34. The first-order valence-electron chi connectivity index (χ1n) is 8.55. The van der Waals surface area contributed by atoms with Crippen LogP contribution in [-0.4, -0.2) is 42.0 Å². The highest BCUT2D eigenvalue weighted by Crippen LogP contribution is 2.25. The van der Waals surface area contributed by atoms with E-state index in [4.69, 9.17) is 10.8 Å². The van der Waals surface area contributed by atoms with Crippen molar-refractivity contribution in [2.75, 3.05) is 14.1 Å². The molecule has 1 amide bonds. The van der Waals surface area contributed by atoms with Gasteiger partial charge in [-0.05, 0) is 17.0 Å². The molecule has 2 rings (SSSR count). The summed E-state index contributed by atoms with van der Waals surface area (Å²) in [6.45, 7) is 3.55. The van der Waals surface area contributed by atoms with Crippen LogP contribution in [0.3, 0.4) is 0 Å². The number of carbonyl (C=O) groups is 2. The molecule has 0 aromatic heterocycles. The molecule has 0 spiro atoms. The minimum absolute atomic E-state index is 0.0208. The molecule has 26 heavy (non-hydrogen) atoms. The number of aliphatic carboxylic acids is 1. The second-order valence-corrected chi connectivity index (χ2v) is 6.60. The van der Waals surface area contributed by atoms with Gasteiger partial charge in [-0.1, -0.05) is 74.5 Å². The summed E-state index contributed by atoms with van der Waals surface area (Å²) < 4.78 is 0. The van der Waals surface area contributed by atoms with Crippen LogP contribution in [0.1, 0.15) is 30.9 Å². The molecule has 2 aromatic carbocycles. The van der Waals surface area contributed by atoms with E-state index in [1.165, 1.54) is 0 Å². The fraction of sp³-hybridized carbons (Fsp3) is 0.333. The lowest BCUT2D eigenvalue weighted by Gasteiger charge is -2.21. The number of hydrogen-bond acceptors (Lipinski definition) is 3. The smallest absolute Gasteiger partial charge is 0.320 e. The van der Waals surface area contributed by atoms with Crippen LogP contribution in [0.2, 0.25) is 0 Å². The molecule has 0 fully saturated rings. The second-order valence-electron chi connectivity index (χ2n) is 6.60. The SMILES string of the molecule is CC(C)[C@H](N)C(=O)O.CN(C)C(=O)C(c1ccccc1)c1ccccc1. The largest absolute Gasteiger partial charge is 0.480 e. The van der Waals surface area contributed by atoms with E-state index < -0.39 is 12.0 Å². The van der Waals surface area contributed by atoms with Crippen molar-refractivity contribution in [3.8, 4) is 0 Å². The van der Waals surface area contributed by atoms with E-state index in [0.717, 1.165) is 11.1 Å². The zero-order valence-electron chi connectivity index (χ0n) is 15.8. The van der Waals surface area contributed by atoms with Crippen molar-refractivity contribution in [1.29, 1.82) is 0 Å². The number of nitrogens with zero attached hydrogens (tertiary/aromatic N) is 1. The molecule has 1 atom stereocenters. The minimum Gasteiger partial charge on any atom is -0.480 e. The van der Waals surface area contributed by atoms with Gasteiger partial charge in [-0.2, -0.15) is 0 Å². The number of amides is 1. The molecular formula is C21H28N2O3. The van der Waals surface area contributed by atoms with Crippen LogP contribution in [0, 0.1) is 5.92 Å². The van der Waals surface area contributed by atoms with Crippen molar-refractivity contribution >= 4 is 11.9 Å². The number of likely N-dealkylation sites (N-methyl/N-ethyl adjacent to an activating group) is 1. The van der Waals surface area contributed by atoms with Gasteiger partial charge in [0.15, 0.2) is 0 Å². The van der Waals surface area contributed by atoms with Crippen LogP contribution in [0.25, 0.3) is 0 Å². The Morgan fingerprint density at radius 3 is 1.50 bits per heavy atom. The molecule has 0 radical (unpaired) electrons. The van der Waals surface area contributed by atoms with Crippen LogP contribution in [0.4, 0.5) is 0 Å². The maximum atomic E-state index is 12.4. The van der Waals surface area contributed by atoms with Crippen molar-refractivity contribution in [1.82, 2.24) is 4.90 Å². The first kappa shape index (κ1) is 21.4. The van der Waals surface area contributed by atoms with Crippen molar-refractivity contribution < 1.29 is 14.7 Å². The Labute approximate surface area is 155 Å². The Hall–Kier alpha value is -2.66. The highest BCUT2D eigenvalue weighted by Gasteiger charge is 2.23. The van der Waals surface area contributed by atoms with Crippen molar-refractivity contribution in [3.63, 3.8) is 0 Å². The van der Waals surface area contributed by atoms with E-state index in [0.29, 0.717) is 0 Å². The van der Waals surface area contributed by atoms with Crippen molar-refractivity contribution in [2.24, 2.45) is 11.7 Å². The van der Waals surface area contributed by atoms with Gasteiger partial charge in [0.2, 0.25) is 5.91 Å². The standard InChI is InChI=1S/C16H17NO.C5H11NO2/c1-17(2)16(18)15(13-9-5-3-6-10-13)14-11-7-4-8-12-14;1-3(2)4(6)5(7)8/h3-12,15H,1-2H3;3-4H,6H2,1-2H3,(H,7,8)/t;4-/m.0/s1. The van der Waals surface area contributed by atoms with Gasteiger partial charge in [-0.25, -0.2) is 0 Å². The summed E-state index contributed by atoms with van der Waals surface area (Å²) in [7, 11) is 3.59. The Bertz CT molecular complexity index is 645. The van der Waals surface area contributed by atoms with Gasteiger partial charge in [0.1, 0.15) is 6.04 Å². The summed E-state index contributed by atoms with van der Waals surface area (Å²) in [5, 5.41) is 8.23. The number of rotatable bonds is 5. The second kappa shape index (κ2) is 10.4. The van der Waals surface area contributed by atoms with E-state index >= 15 is 0 Å². The third-order valence-corrected chi connectivity index (χ3v) is 3.96. The average Bonchev–Trinajstić information content (AvgIpc) is 2.63. The van der Waals surface area contributed by atoms with E-state index in [1.807, 2.05) is 60.7 Å². The lowest BCUT2D eigenvalue weighted by molar-refractivity contribution is -0.139. The summed E-state index contributed by atoms with van der Waals surface area (Å²) in [6.07, 6.45) is 0. The van der Waals surface area contributed by atoms with Crippen LogP contribution in [0.5, 0.6) is 0 Å². The summed E-state index contributed by atoms with van der Waals surface area (Å²) in [5.74, 6) is -1.03. The third kappa shape index (κ3) is 6.33. The van der Waals surface area contributed by atoms with Crippen LogP contribution >= 0.6 is 0 Å². The number of nitrogens with two attached hydrogens (primary N) is 1. The van der Waals surface area contributed by atoms with E-state index in [9.17, 15) is 9.59 Å². The predicted molar refractivity (Wildman–Crippen MR) is 104 cm³/mol. The molecule has 0 aliphatic carbocycles. The van der Waals surface area contributed by atoms with E-state index in [-0.39, 0.29) is 17.7 Å². The molecule has 140 valence electrons. The van der Waals surface area contributed by atoms with Gasteiger partial charge in [0.25, 0.3) is 0 Å². The van der Waals surface area contributed by atoms with Crippen LogP contribution < -0.4 is 5.73 Å². The van der Waals surface area contributed by atoms with Crippen LogP contribution in [0.15, 0.2) is 60.7 Å². The molecule has 3 N–H and O–H groups in total. The Balaban J connectivity index is 0.000000359. The Morgan fingerprint density at radius 1 is 0.885 bits per heavy atom. The molecule has 0 aliphatic heterocycles. The maximum Gasteiger partial charge on any atom is 0.320 e. The third-order valence-electron chi connectivity index (χ3n) is 3.96. The van der Waals surface area contributed by atoms with Gasteiger partial charge < -0.3 is 15.7 Å². The van der Waals surface area contributed by atoms with Gasteiger partial charge in [-0.3, -0.25) is 9.59 Å². The number of hydrogen-bond donors (Lipinski definition) is 2. The normalized spacial score (nSPS) is 11.5. The average molecular weight is 356 g/mol. The number of carboxylic acids is 1. The van der Waals surface area contributed by atoms with Gasteiger partial charge in [0, 0.05) is 14.1 Å². The first-order chi connectivity index (χ1) is 12.3. The summed E-state index contributed by atoms with van der Waals surface area (Å²) >= 11 is 0. The number of carbonyl (C=O) groups excluding carboxylic acids is 1. The summed E-state index contributed by atoms with van der Waals surface area (Å²) in [6, 6.07) is 19.1. The highest BCUT2D eigenvalue weighted by atomic mass is 16.4. The number of benzene rings is 2. The van der Waals surface area contributed by atoms with Gasteiger partial charge >= 0.3 is 5.97 Å². The molecule has 0 saturated heterocycles. The number of carboxylic acid groups (broad SMARTS) is 1. The zero-order valence-corrected chi connectivity index (χ0v) is 15.8. The van der Waals surface area contributed by atoms with Crippen LogP contribution in [-0.2, 0) is 9.59 Å². The van der Waals surface area contributed by atoms with Gasteiger partial charge in [-0.15, -0.1) is 0 Å². The van der Waals surface area contributed by atoms with Gasteiger partial charge in [0.05, 0.1) is 5.92 Å². The molecule has 5 nitrogen and oxygen atoms in total. The van der Waals surface area contributed by atoms with Crippen molar-refractivity contribution in [3.05, 3.63) is 71.8 Å². The molecular weight excluding hydrogens is 328 g/mol. The van der Waals surface area contributed by atoms with E-state index in [1.54, 1.807) is 32.8 Å². The van der Waals surface area contributed by atoms with E-state index in [2.05, 4.69) is 0 Å². The Morgan fingerprint density at radius 2 is 1.27 bits per heavy atom.